The molecule has 0 aliphatic heterocycles. The Morgan fingerprint density at radius 3 is 1.42 bits per heavy atom. The van der Waals surface area contributed by atoms with Gasteiger partial charge >= 0.3 is 0 Å². The summed E-state index contributed by atoms with van der Waals surface area (Å²) in [7, 11) is 0. The molecule has 15 heteroatoms. The van der Waals surface area contributed by atoms with Gasteiger partial charge in [0.2, 0.25) is 0 Å². The molecule has 2 aromatic rings. The van der Waals surface area contributed by atoms with Gasteiger partial charge in [0.15, 0.2) is 0 Å². The first-order valence-electron chi connectivity index (χ1n) is 8.36. The minimum atomic E-state index is -1.03. The number of hydrogen-bond acceptors (Lipinski definition) is 11. The third-order valence-corrected chi connectivity index (χ3v) is 4.66. The number of non-ortho nitro benzene ring substituents is 2. The van der Waals surface area contributed by atoms with Gasteiger partial charge in [-0.2, -0.15) is 10.5 Å². The zero-order valence-electron chi connectivity index (χ0n) is 15.8. The van der Waals surface area contributed by atoms with Gasteiger partial charge in [0.1, 0.15) is 17.7 Å². The van der Waals surface area contributed by atoms with E-state index in [0.29, 0.717) is 12.1 Å². The molecule has 0 radical (unpaired) electrons. The third-order valence-electron chi connectivity index (χ3n) is 4.66. The van der Waals surface area contributed by atoms with Gasteiger partial charge in [0, 0.05) is 28.8 Å². The predicted octanol–water partition coefficient (Wildman–Crippen LogP) is 3.32. The van der Waals surface area contributed by atoms with E-state index in [0.717, 1.165) is 12.1 Å². The Labute approximate surface area is 180 Å². The van der Waals surface area contributed by atoms with E-state index < -0.39 is 81.4 Å². The smallest absolute Gasteiger partial charge is 0.258 e. The highest BCUT2D eigenvalue weighted by Gasteiger charge is 2.41. The molecule has 1 aliphatic carbocycles. The maximum Gasteiger partial charge on any atom is 0.284 e. The Balaban J connectivity index is 2.74. The second-order valence-corrected chi connectivity index (χ2v) is 6.28. The van der Waals surface area contributed by atoms with Gasteiger partial charge in [-0.05, 0) is 5.87 Å². The molecule has 1 N–H and O–H groups in total. The fourth-order valence-corrected chi connectivity index (χ4v) is 3.44. The first-order chi connectivity index (χ1) is 15.6. The molecule has 0 unspecified atom stereocenters. The zero-order chi connectivity index (χ0) is 24.6. The standard InChI is InChI=1S/C18H5N7O8/c19-5-8(6-20)13(7-21)16-11-1-9(22(26)27)3-14(24(30)31)17(11)18-12(16)2-10(23(28)29)4-15(18)25(32)33/h1-4,19H. The minimum Gasteiger partial charge on any atom is -0.258 e. The number of fused-ring (bicyclic) bond motifs is 3. The van der Waals surface area contributed by atoms with Crippen molar-refractivity contribution in [1.82, 2.24) is 0 Å². The Hall–Kier alpha value is -5.79. The second kappa shape index (κ2) is 7.80. The predicted molar refractivity (Wildman–Crippen MR) is 107 cm³/mol. The van der Waals surface area contributed by atoms with Crippen LogP contribution in [0.25, 0.3) is 16.7 Å². The highest BCUT2D eigenvalue weighted by atomic mass is 16.6. The molecule has 160 valence electrons. The fraction of sp³-hybridized carbons (Fsp3) is 0. The number of nitrogens with one attached hydrogen (secondary N) is 1. The maximum absolute atomic E-state index is 11.7. The number of benzene rings is 2. The second-order valence-electron chi connectivity index (χ2n) is 6.28. The summed E-state index contributed by atoms with van der Waals surface area (Å²) < 4.78 is 0. The van der Waals surface area contributed by atoms with Gasteiger partial charge in [-0.1, -0.05) is 0 Å². The molecule has 15 nitrogen and oxygen atoms in total. The average molecular weight is 447 g/mol. The number of nitro groups is 4. The molecule has 0 aromatic heterocycles. The summed E-state index contributed by atoms with van der Waals surface area (Å²) in [5, 5.41) is 72.3. The van der Waals surface area contributed by atoms with Gasteiger partial charge in [-0.3, -0.25) is 45.9 Å². The van der Waals surface area contributed by atoms with Crippen molar-refractivity contribution in [3.8, 4) is 23.3 Å². The highest BCUT2D eigenvalue weighted by molar-refractivity contribution is 6.11. The molecule has 0 saturated heterocycles. The monoisotopic (exact) mass is 447 g/mol. The molecule has 2 aromatic carbocycles. The lowest BCUT2D eigenvalue weighted by molar-refractivity contribution is -0.395. The first kappa shape index (κ1) is 21.9. The van der Waals surface area contributed by atoms with Gasteiger partial charge in [-0.25, -0.2) is 0 Å². The van der Waals surface area contributed by atoms with E-state index in [4.69, 9.17) is 5.41 Å². The number of hydrogen-bond donors (Lipinski definition) is 1. The number of rotatable bonds is 5. The molecular weight excluding hydrogens is 442 g/mol. The maximum atomic E-state index is 11.7. The van der Waals surface area contributed by atoms with Crippen LogP contribution in [0, 0.1) is 68.5 Å². The topological polar surface area (TPSA) is 244 Å². The molecule has 0 saturated carbocycles. The van der Waals surface area contributed by atoms with Crippen molar-refractivity contribution in [3.63, 3.8) is 0 Å². The van der Waals surface area contributed by atoms with Crippen LogP contribution in [0.2, 0.25) is 0 Å². The fourth-order valence-electron chi connectivity index (χ4n) is 3.44. The number of nitriles is 2. The van der Waals surface area contributed by atoms with Crippen molar-refractivity contribution in [2.24, 2.45) is 0 Å². The zero-order valence-corrected chi connectivity index (χ0v) is 15.8. The number of nitro benzene ring substituents is 4. The Bertz CT molecular complexity index is 1420. The van der Waals surface area contributed by atoms with E-state index in [1.165, 1.54) is 6.07 Å². The van der Waals surface area contributed by atoms with Crippen LogP contribution in [0.1, 0.15) is 11.1 Å². The van der Waals surface area contributed by atoms with Crippen molar-refractivity contribution in [1.29, 1.82) is 15.9 Å². The van der Waals surface area contributed by atoms with Gasteiger partial charge < -0.3 is 0 Å². The van der Waals surface area contributed by atoms with Crippen LogP contribution >= 0.6 is 0 Å². The molecule has 3 rings (SSSR count). The largest absolute Gasteiger partial charge is 0.284 e. The molecule has 0 atom stereocenters. The molecule has 0 spiro atoms. The van der Waals surface area contributed by atoms with E-state index in [1.807, 2.05) is 0 Å². The van der Waals surface area contributed by atoms with E-state index in [1.54, 1.807) is 11.9 Å². The van der Waals surface area contributed by atoms with E-state index in [9.17, 15) is 51.0 Å². The summed E-state index contributed by atoms with van der Waals surface area (Å²) in [5.41, 5.74) is -7.08. The summed E-state index contributed by atoms with van der Waals surface area (Å²) >= 11 is 0. The van der Waals surface area contributed by atoms with Crippen molar-refractivity contribution < 1.29 is 19.7 Å². The van der Waals surface area contributed by atoms with Gasteiger partial charge in [0.05, 0.1) is 48.5 Å². The van der Waals surface area contributed by atoms with Crippen molar-refractivity contribution >= 4 is 34.2 Å². The van der Waals surface area contributed by atoms with Crippen LogP contribution in [-0.2, 0) is 0 Å². The van der Waals surface area contributed by atoms with E-state index >= 15 is 0 Å². The summed E-state index contributed by atoms with van der Waals surface area (Å²) in [6, 6.07) is 5.78. The van der Waals surface area contributed by atoms with Crippen LogP contribution < -0.4 is 0 Å². The average Bonchev–Trinajstić information content (AvgIpc) is 3.09. The molecule has 0 fully saturated rings. The van der Waals surface area contributed by atoms with Gasteiger partial charge in [-0.15, -0.1) is 0 Å². The van der Waals surface area contributed by atoms with Crippen molar-refractivity contribution in [2.75, 3.05) is 0 Å². The quantitative estimate of drug-likeness (QED) is 0.258. The van der Waals surface area contributed by atoms with Gasteiger partial charge in [0.25, 0.3) is 22.7 Å². The van der Waals surface area contributed by atoms with Crippen LogP contribution in [0.4, 0.5) is 22.7 Å². The van der Waals surface area contributed by atoms with E-state index in [2.05, 4.69) is 0 Å². The minimum absolute atomic E-state index is 0.408. The van der Waals surface area contributed by atoms with Crippen LogP contribution in [0.3, 0.4) is 0 Å². The number of nitrogens with zero attached hydrogens (tertiary/aromatic N) is 6. The normalized spacial score (nSPS) is 10.7. The van der Waals surface area contributed by atoms with E-state index in [-0.39, 0.29) is 0 Å². The summed E-state index contributed by atoms with van der Waals surface area (Å²) in [4.78, 5) is 42.1. The van der Waals surface area contributed by atoms with Crippen molar-refractivity contribution in [2.45, 2.75) is 0 Å². The number of allylic oxidation sites excluding steroid dienone is 2. The molecular formula is C18H5N7O8. The first-order valence-corrected chi connectivity index (χ1v) is 8.36. The third kappa shape index (κ3) is 3.30. The molecule has 1 aliphatic rings. The summed E-state index contributed by atoms with van der Waals surface area (Å²) in [6.45, 7) is 0. The molecule has 33 heavy (non-hydrogen) atoms. The summed E-state index contributed by atoms with van der Waals surface area (Å²) in [5.74, 6) is 1.68. The summed E-state index contributed by atoms with van der Waals surface area (Å²) in [6.07, 6.45) is 0. The van der Waals surface area contributed by atoms with Crippen LogP contribution in [-0.4, -0.2) is 25.6 Å². The molecule has 0 amide bonds. The lowest BCUT2D eigenvalue weighted by atomic mass is 9.94. The molecule has 0 heterocycles. The van der Waals surface area contributed by atoms with Crippen LogP contribution in [0.5, 0.6) is 0 Å². The Morgan fingerprint density at radius 1 is 0.727 bits per heavy atom. The molecule has 0 bridgehead atoms. The lowest BCUT2D eigenvalue weighted by Gasteiger charge is -2.06. The Morgan fingerprint density at radius 2 is 1.15 bits per heavy atom. The van der Waals surface area contributed by atoms with Crippen molar-refractivity contribution in [3.05, 3.63) is 87.0 Å². The SMILES string of the molecule is N#CC(=C=N)C(C#N)=C1c2cc([N+](=O)[O-])cc([N+](=O)[O-])c2-c2c1cc([N+](=O)[O-])cc2[N+](=O)[O-]. The highest BCUT2D eigenvalue weighted by Crippen LogP contribution is 2.55. The lowest BCUT2D eigenvalue weighted by Crippen LogP contribution is -1.99. The Kier molecular flexibility index (Phi) is 5.18. The van der Waals surface area contributed by atoms with Crippen LogP contribution in [0.15, 0.2) is 35.4 Å².